The van der Waals surface area contributed by atoms with Crippen LogP contribution in [0.4, 0.5) is 0 Å². The van der Waals surface area contributed by atoms with E-state index in [0.717, 1.165) is 49.3 Å². The molecule has 1 aromatic carbocycles. The van der Waals surface area contributed by atoms with Crippen molar-refractivity contribution >= 4 is 11.0 Å². The smallest absolute Gasteiger partial charge is 0.111 e. The van der Waals surface area contributed by atoms with Crippen molar-refractivity contribution in [2.24, 2.45) is 5.92 Å². The van der Waals surface area contributed by atoms with E-state index in [1.165, 1.54) is 0 Å². The Morgan fingerprint density at radius 2 is 2.22 bits per heavy atom. The van der Waals surface area contributed by atoms with E-state index in [9.17, 15) is 5.26 Å². The van der Waals surface area contributed by atoms with Crippen molar-refractivity contribution in [3.05, 3.63) is 30.1 Å². The minimum atomic E-state index is -0.0518. The molecule has 5 heteroatoms. The van der Waals surface area contributed by atoms with E-state index in [2.05, 4.69) is 28.1 Å². The average Bonchev–Trinajstić information content (AvgIpc) is 3.03. The molecule has 0 saturated carbocycles. The van der Waals surface area contributed by atoms with Crippen LogP contribution in [0.3, 0.4) is 0 Å². The van der Waals surface area contributed by atoms with Crippen LogP contribution in [0, 0.1) is 28.6 Å². The fraction of sp³-hybridized carbons (Fsp3) is 0.500. The van der Waals surface area contributed by atoms with Gasteiger partial charge in [-0.05, 0) is 37.9 Å². The molecule has 5 nitrogen and oxygen atoms in total. The van der Waals surface area contributed by atoms with Crippen molar-refractivity contribution in [3.63, 3.8) is 0 Å². The fourth-order valence-corrected chi connectivity index (χ4v) is 3.36. The van der Waals surface area contributed by atoms with Crippen LogP contribution in [-0.4, -0.2) is 34.5 Å². The molecule has 1 fully saturated rings. The number of fused-ring (bicyclic) bond motifs is 1. The van der Waals surface area contributed by atoms with Crippen molar-refractivity contribution in [2.45, 2.75) is 31.6 Å². The number of aromatic nitrogens is 2. The molecule has 0 aliphatic carbocycles. The molecule has 0 amide bonds. The number of aromatic amines is 1. The Kier molecular flexibility index (Phi) is 4.90. The van der Waals surface area contributed by atoms with Crippen LogP contribution < -0.4 is 0 Å². The maximum absolute atomic E-state index is 9.26. The van der Waals surface area contributed by atoms with Gasteiger partial charge in [0.15, 0.2) is 0 Å². The van der Waals surface area contributed by atoms with Crippen molar-refractivity contribution in [2.75, 3.05) is 19.6 Å². The van der Waals surface area contributed by atoms with Gasteiger partial charge < -0.3 is 9.88 Å². The van der Waals surface area contributed by atoms with Crippen molar-refractivity contribution < 1.29 is 0 Å². The molecular formula is C18H21N5. The lowest BCUT2D eigenvalue weighted by Crippen LogP contribution is -2.37. The first-order valence-corrected chi connectivity index (χ1v) is 8.23. The predicted octanol–water partition coefficient (Wildman–Crippen LogP) is 3.19. The molecule has 2 aromatic rings. The number of likely N-dealkylation sites (tertiary alicyclic amines) is 1. The Morgan fingerprint density at radius 1 is 1.35 bits per heavy atom. The summed E-state index contributed by atoms with van der Waals surface area (Å²) in [7, 11) is 0. The third kappa shape index (κ3) is 3.70. The molecule has 1 aliphatic rings. The summed E-state index contributed by atoms with van der Waals surface area (Å²) in [5.41, 5.74) is 2.10. The highest BCUT2D eigenvalue weighted by molar-refractivity contribution is 5.74. The molecule has 23 heavy (non-hydrogen) atoms. The molecule has 2 atom stereocenters. The molecule has 1 aromatic heterocycles. The lowest BCUT2D eigenvalue weighted by Gasteiger charge is -2.32. The molecule has 0 radical (unpaired) electrons. The summed E-state index contributed by atoms with van der Waals surface area (Å²) in [5, 5.41) is 17.9. The van der Waals surface area contributed by atoms with E-state index in [-0.39, 0.29) is 5.92 Å². The molecule has 0 bridgehead atoms. The van der Waals surface area contributed by atoms with E-state index >= 15 is 0 Å². The molecule has 2 heterocycles. The molecule has 118 valence electrons. The Balaban J connectivity index is 1.66. The summed E-state index contributed by atoms with van der Waals surface area (Å²) in [6, 6.07) is 12.6. The van der Waals surface area contributed by atoms with E-state index in [1.54, 1.807) is 0 Å². The molecule has 3 rings (SSSR count). The maximum Gasteiger partial charge on any atom is 0.111 e. The summed E-state index contributed by atoms with van der Waals surface area (Å²) in [6.45, 7) is 2.72. The van der Waals surface area contributed by atoms with Gasteiger partial charge in [-0.1, -0.05) is 12.1 Å². The van der Waals surface area contributed by atoms with Gasteiger partial charge in [-0.3, -0.25) is 0 Å². The third-order valence-electron chi connectivity index (χ3n) is 4.57. The van der Waals surface area contributed by atoms with Crippen molar-refractivity contribution in [3.8, 4) is 12.1 Å². The Bertz CT molecular complexity index is 703. The molecular weight excluding hydrogens is 286 g/mol. The third-order valence-corrected chi connectivity index (χ3v) is 4.57. The van der Waals surface area contributed by atoms with Gasteiger partial charge in [-0.2, -0.15) is 10.5 Å². The second-order valence-corrected chi connectivity index (χ2v) is 6.26. The number of nitrogens with zero attached hydrogens (tertiary/aromatic N) is 4. The zero-order chi connectivity index (χ0) is 16.1. The first kappa shape index (κ1) is 15.5. The van der Waals surface area contributed by atoms with Gasteiger partial charge in [0, 0.05) is 25.4 Å². The second kappa shape index (κ2) is 7.26. The molecule has 0 spiro atoms. The highest BCUT2D eigenvalue weighted by Gasteiger charge is 2.25. The quantitative estimate of drug-likeness (QED) is 0.920. The Morgan fingerprint density at radius 3 is 3.00 bits per heavy atom. The summed E-state index contributed by atoms with van der Waals surface area (Å²) < 4.78 is 0. The lowest BCUT2D eigenvalue weighted by atomic mass is 9.95. The number of imidazole rings is 1. The monoisotopic (exact) mass is 307 g/mol. The van der Waals surface area contributed by atoms with Crippen LogP contribution >= 0.6 is 0 Å². The van der Waals surface area contributed by atoms with Gasteiger partial charge in [0.2, 0.25) is 0 Å². The van der Waals surface area contributed by atoms with Crippen LogP contribution in [0.5, 0.6) is 0 Å². The van der Waals surface area contributed by atoms with Gasteiger partial charge in [0.05, 0.1) is 29.1 Å². The van der Waals surface area contributed by atoms with Gasteiger partial charge >= 0.3 is 0 Å². The van der Waals surface area contributed by atoms with Gasteiger partial charge in [0.1, 0.15) is 5.82 Å². The SMILES string of the molecule is N#CCC[C@@H](C#N)CN1CCC[C@H](c2nc3ccccc3[nH]2)C1. The number of nitriles is 2. The van der Waals surface area contributed by atoms with Gasteiger partial charge in [0.25, 0.3) is 0 Å². The van der Waals surface area contributed by atoms with Crippen molar-refractivity contribution in [1.29, 1.82) is 10.5 Å². The van der Waals surface area contributed by atoms with Crippen LogP contribution in [0.25, 0.3) is 11.0 Å². The average molecular weight is 307 g/mol. The summed E-state index contributed by atoms with van der Waals surface area (Å²) in [6.07, 6.45) is 3.38. The number of benzene rings is 1. The normalized spacial score (nSPS) is 20.0. The van der Waals surface area contributed by atoms with E-state index in [0.29, 0.717) is 18.8 Å². The molecule has 1 saturated heterocycles. The van der Waals surface area contributed by atoms with Crippen LogP contribution in [-0.2, 0) is 0 Å². The lowest BCUT2D eigenvalue weighted by molar-refractivity contribution is 0.187. The number of hydrogen-bond acceptors (Lipinski definition) is 4. The zero-order valence-electron chi connectivity index (χ0n) is 13.2. The van der Waals surface area contributed by atoms with E-state index in [1.807, 2.05) is 18.2 Å². The van der Waals surface area contributed by atoms with E-state index in [4.69, 9.17) is 10.2 Å². The number of H-pyrrole nitrogens is 1. The minimum absolute atomic E-state index is 0.0518. The van der Waals surface area contributed by atoms with Crippen molar-refractivity contribution in [1.82, 2.24) is 14.9 Å². The number of para-hydroxylation sites is 2. The Hall–Kier alpha value is -2.37. The fourth-order valence-electron chi connectivity index (χ4n) is 3.36. The van der Waals surface area contributed by atoms with Gasteiger partial charge in [-0.15, -0.1) is 0 Å². The van der Waals surface area contributed by atoms with Crippen LogP contribution in [0.2, 0.25) is 0 Å². The molecule has 1 N–H and O–H groups in total. The minimum Gasteiger partial charge on any atom is -0.342 e. The first-order valence-electron chi connectivity index (χ1n) is 8.23. The Labute approximate surface area is 136 Å². The first-order chi connectivity index (χ1) is 11.3. The van der Waals surface area contributed by atoms with Crippen LogP contribution in [0.15, 0.2) is 24.3 Å². The summed E-state index contributed by atoms with van der Waals surface area (Å²) >= 11 is 0. The standard InChI is InChI=1S/C18H21N5/c19-9-3-5-14(11-20)12-23-10-4-6-15(13-23)18-21-16-7-1-2-8-17(16)22-18/h1-2,7-8,14-15H,3-6,10,12-13H2,(H,21,22)/t14-,15-/m0/s1. The number of piperidine rings is 1. The maximum atomic E-state index is 9.26. The predicted molar refractivity (Wildman–Crippen MR) is 88.5 cm³/mol. The molecule has 1 aliphatic heterocycles. The van der Waals surface area contributed by atoms with E-state index < -0.39 is 0 Å². The second-order valence-electron chi connectivity index (χ2n) is 6.26. The number of hydrogen-bond donors (Lipinski definition) is 1. The topological polar surface area (TPSA) is 79.5 Å². The largest absolute Gasteiger partial charge is 0.342 e. The number of nitrogens with one attached hydrogen (secondary N) is 1. The van der Waals surface area contributed by atoms with Gasteiger partial charge in [-0.25, -0.2) is 4.98 Å². The van der Waals surface area contributed by atoms with Crippen LogP contribution in [0.1, 0.15) is 37.4 Å². The highest BCUT2D eigenvalue weighted by atomic mass is 15.1. The summed E-state index contributed by atoms with van der Waals surface area (Å²) in [4.78, 5) is 10.5. The molecule has 0 unspecified atom stereocenters. The number of rotatable bonds is 5. The zero-order valence-corrected chi connectivity index (χ0v) is 13.2. The summed E-state index contributed by atoms with van der Waals surface area (Å²) in [5.74, 6) is 1.40. The highest BCUT2D eigenvalue weighted by Crippen LogP contribution is 2.27.